The van der Waals surface area contributed by atoms with Gasteiger partial charge in [-0.25, -0.2) is 14.2 Å². The van der Waals surface area contributed by atoms with E-state index in [1.807, 2.05) is 11.0 Å². The van der Waals surface area contributed by atoms with Crippen LogP contribution < -0.4 is 10.2 Å². The van der Waals surface area contributed by atoms with Crippen LogP contribution in [0.5, 0.6) is 0 Å². The first kappa shape index (κ1) is 17.1. The van der Waals surface area contributed by atoms with Crippen LogP contribution in [0, 0.1) is 5.82 Å². The van der Waals surface area contributed by atoms with Crippen molar-refractivity contribution in [3.63, 3.8) is 0 Å². The van der Waals surface area contributed by atoms with E-state index in [1.165, 1.54) is 12.1 Å². The van der Waals surface area contributed by atoms with Crippen LogP contribution in [0.25, 0.3) is 0 Å². The number of rotatable bonds is 5. The first-order chi connectivity index (χ1) is 12.2. The summed E-state index contributed by atoms with van der Waals surface area (Å²) in [5.41, 5.74) is 0.951. The summed E-state index contributed by atoms with van der Waals surface area (Å²) < 4.78 is 13.1. The maximum atomic E-state index is 13.1. The molecule has 7 heteroatoms. The lowest BCUT2D eigenvalue weighted by molar-refractivity contribution is 0.194. The number of hydrogen-bond donors (Lipinski definition) is 1. The van der Waals surface area contributed by atoms with Crippen molar-refractivity contribution < 1.29 is 9.18 Å². The summed E-state index contributed by atoms with van der Waals surface area (Å²) in [6, 6.07) is 6.54. The van der Waals surface area contributed by atoms with Gasteiger partial charge in [-0.3, -0.25) is 4.98 Å². The molecule has 0 saturated carbocycles. The molecule has 1 aliphatic rings. The summed E-state index contributed by atoms with van der Waals surface area (Å²) in [6.45, 7) is 3.39. The number of aromatic nitrogens is 2. The topological polar surface area (TPSA) is 61.4 Å². The largest absolute Gasteiger partial charge is 0.352 e. The maximum absolute atomic E-state index is 13.1. The van der Waals surface area contributed by atoms with E-state index in [0.717, 1.165) is 37.3 Å². The van der Waals surface area contributed by atoms with Crippen molar-refractivity contribution in [1.29, 1.82) is 0 Å². The Labute approximate surface area is 146 Å². The van der Waals surface area contributed by atoms with Crippen molar-refractivity contribution in [2.24, 2.45) is 0 Å². The number of urea groups is 1. The van der Waals surface area contributed by atoms with E-state index in [0.29, 0.717) is 19.6 Å². The van der Waals surface area contributed by atoms with Crippen LogP contribution in [0.3, 0.4) is 0 Å². The zero-order chi connectivity index (χ0) is 17.5. The Kier molecular flexibility index (Phi) is 5.77. The average molecular weight is 343 g/mol. The molecule has 0 spiro atoms. The van der Waals surface area contributed by atoms with Gasteiger partial charge in [0.2, 0.25) is 0 Å². The fraction of sp³-hybridized carbons (Fsp3) is 0.389. The number of hydrogen-bond acceptors (Lipinski definition) is 4. The fourth-order valence-electron chi connectivity index (χ4n) is 2.89. The van der Waals surface area contributed by atoms with Gasteiger partial charge in [-0.1, -0.05) is 12.1 Å². The Bertz CT molecular complexity index is 689. The van der Waals surface area contributed by atoms with Crippen molar-refractivity contribution in [2.75, 3.05) is 37.6 Å². The van der Waals surface area contributed by atoms with Crippen molar-refractivity contribution >= 4 is 11.8 Å². The number of halogens is 1. The molecule has 1 fully saturated rings. The second kappa shape index (κ2) is 8.41. The first-order valence-electron chi connectivity index (χ1n) is 8.50. The molecule has 0 unspecified atom stereocenters. The Hall–Kier alpha value is -2.70. The molecule has 1 N–H and O–H groups in total. The van der Waals surface area contributed by atoms with E-state index in [9.17, 15) is 9.18 Å². The van der Waals surface area contributed by atoms with Crippen LogP contribution in [-0.2, 0) is 6.42 Å². The molecular weight excluding hydrogens is 321 g/mol. The zero-order valence-electron chi connectivity index (χ0n) is 14.1. The lowest BCUT2D eigenvalue weighted by atomic mass is 10.1. The lowest BCUT2D eigenvalue weighted by Crippen LogP contribution is -2.52. The molecule has 1 aliphatic heterocycles. The average Bonchev–Trinajstić information content (AvgIpc) is 2.66. The van der Waals surface area contributed by atoms with Gasteiger partial charge < -0.3 is 15.1 Å². The Morgan fingerprint density at radius 3 is 2.76 bits per heavy atom. The van der Waals surface area contributed by atoms with Crippen LogP contribution in [0.1, 0.15) is 12.0 Å². The molecule has 6 nitrogen and oxygen atoms in total. The zero-order valence-corrected chi connectivity index (χ0v) is 14.1. The number of benzene rings is 1. The molecular formula is C18H22FN5O. The molecule has 1 saturated heterocycles. The smallest absolute Gasteiger partial charge is 0.317 e. The van der Waals surface area contributed by atoms with Crippen molar-refractivity contribution in [3.05, 3.63) is 54.2 Å². The Morgan fingerprint density at radius 2 is 2.04 bits per heavy atom. The predicted octanol–water partition coefficient (Wildman–Crippen LogP) is 2.08. The van der Waals surface area contributed by atoms with Gasteiger partial charge in [-0.15, -0.1) is 0 Å². The first-order valence-corrected chi connectivity index (χ1v) is 8.50. The van der Waals surface area contributed by atoms with Gasteiger partial charge in [-0.2, -0.15) is 0 Å². The quantitative estimate of drug-likeness (QED) is 0.845. The second-order valence-electron chi connectivity index (χ2n) is 6.00. The van der Waals surface area contributed by atoms with E-state index in [4.69, 9.17) is 0 Å². The third-order valence-electron chi connectivity index (χ3n) is 4.25. The molecule has 1 aromatic carbocycles. The van der Waals surface area contributed by atoms with Gasteiger partial charge in [0.25, 0.3) is 0 Å². The molecule has 2 amide bonds. The van der Waals surface area contributed by atoms with Crippen LogP contribution in [-0.4, -0.2) is 53.6 Å². The van der Waals surface area contributed by atoms with E-state index >= 15 is 0 Å². The highest BCUT2D eigenvalue weighted by atomic mass is 19.1. The molecule has 2 heterocycles. The summed E-state index contributed by atoms with van der Waals surface area (Å²) in [4.78, 5) is 24.5. The van der Waals surface area contributed by atoms with Gasteiger partial charge >= 0.3 is 6.03 Å². The van der Waals surface area contributed by atoms with Crippen LogP contribution in [0.4, 0.5) is 15.0 Å². The Balaban J connectivity index is 1.37. The number of nitrogens with one attached hydrogen (secondary N) is 1. The predicted molar refractivity (Wildman–Crippen MR) is 93.9 cm³/mol. The van der Waals surface area contributed by atoms with E-state index in [2.05, 4.69) is 20.2 Å². The number of anilines is 1. The molecule has 25 heavy (non-hydrogen) atoms. The molecule has 132 valence electrons. The number of amides is 2. The van der Waals surface area contributed by atoms with Crippen molar-refractivity contribution in [2.45, 2.75) is 12.8 Å². The molecule has 2 aromatic rings. The maximum Gasteiger partial charge on any atom is 0.317 e. The summed E-state index contributed by atoms with van der Waals surface area (Å²) in [5.74, 6) is 0.625. The minimum Gasteiger partial charge on any atom is -0.352 e. The van der Waals surface area contributed by atoms with Gasteiger partial charge in [0.05, 0.1) is 6.20 Å². The van der Waals surface area contributed by atoms with Crippen molar-refractivity contribution in [1.82, 2.24) is 20.2 Å². The molecule has 0 bridgehead atoms. The summed E-state index contributed by atoms with van der Waals surface area (Å²) in [7, 11) is 0. The third kappa shape index (κ3) is 4.89. The lowest BCUT2D eigenvalue weighted by Gasteiger charge is -2.35. The molecule has 0 aliphatic carbocycles. The summed E-state index contributed by atoms with van der Waals surface area (Å²) >= 11 is 0. The highest BCUT2D eigenvalue weighted by molar-refractivity contribution is 5.74. The van der Waals surface area contributed by atoms with Crippen molar-refractivity contribution in [3.8, 4) is 0 Å². The number of carbonyl (C=O) groups is 1. The van der Waals surface area contributed by atoms with Crippen LogP contribution in [0.2, 0.25) is 0 Å². The minimum atomic E-state index is -0.220. The van der Waals surface area contributed by atoms with Gasteiger partial charge in [0, 0.05) is 45.1 Å². The van der Waals surface area contributed by atoms with E-state index in [-0.39, 0.29) is 11.8 Å². The SMILES string of the molecule is O=C(NCCCc1cccc(F)c1)N1CCN(c2cnccn2)CC1. The third-order valence-corrected chi connectivity index (χ3v) is 4.25. The minimum absolute atomic E-state index is 0.0435. The van der Waals surface area contributed by atoms with E-state index in [1.54, 1.807) is 24.7 Å². The van der Waals surface area contributed by atoms with Gasteiger partial charge in [-0.05, 0) is 30.5 Å². The van der Waals surface area contributed by atoms with Crippen LogP contribution in [0.15, 0.2) is 42.9 Å². The van der Waals surface area contributed by atoms with Gasteiger partial charge in [0.15, 0.2) is 0 Å². The highest BCUT2D eigenvalue weighted by Crippen LogP contribution is 2.11. The molecule has 3 rings (SSSR count). The van der Waals surface area contributed by atoms with Gasteiger partial charge in [0.1, 0.15) is 11.6 Å². The number of carbonyl (C=O) groups excluding carboxylic acids is 1. The summed E-state index contributed by atoms with van der Waals surface area (Å²) in [6.07, 6.45) is 6.60. The molecule has 1 aromatic heterocycles. The number of aryl methyl sites for hydroxylation is 1. The Morgan fingerprint density at radius 1 is 1.20 bits per heavy atom. The normalized spacial score (nSPS) is 14.4. The second-order valence-corrected chi connectivity index (χ2v) is 6.00. The standard InChI is InChI=1S/C18H22FN5O/c19-16-5-1-3-15(13-16)4-2-6-22-18(25)24-11-9-23(10-12-24)17-14-20-7-8-21-17/h1,3,5,7-8,13-14H,2,4,6,9-12H2,(H,22,25). The highest BCUT2D eigenvalue weighted by Gasteiger charge is 2.21. The van der Waals surface area contributed by atoms with E-state index < -0.39 is 0 Å². The summed E-state index contributed by atoms with van der Waals surface area (Å²) in [5, 5.41) is 2.94. The fourth-order valence-corrected chi connectivity index (χ4v) is 2.89. The monoisotopic (exact) mass is 343 g/mol. The number of piperazine rings is 1. The molecule has 0 radical (unpaired) electrons. The number of nitrogens with zero attached hydrogens (tertiary/aromatic N) is 4. The van der Waals surface area contributed by atoms with Crippen LogP contribution >= 0.6 is 0 Å². The molecule has 0 atom stereocenters.